The van der Waals surface area contributed by atoms with E-state index in [1.807, 2.05) is 0 Å². The first-order valence-corrected chi connectivity index (χ1v) is 15.1. The Morgan fingerprint density at radius 1 is 1.07 bits per heavy atom. The fourth-order valence-electron chi connectivity index (χ4n) is 5.43. The quantitative estimate of drug-likeness (QED) is 0.357. The van der Waals surface area contributed by atoms with Crippen LogP contribution in [0.15, 0.2) is 29.3 Å². The van der Waals surface area contributed by atoms with Gasteiger partial charge in [-0.25, -0.2) is 8.42 Å². The minimum absolute atomic E-state index is 0.0246. The molecule has 1 aromatic carbocycles. The molecule has 6 rings (SSSR count). The van der Waals surface area contributed by atoms with E-state index in [1.54, 1.807) is 6.07 Å². The van der Waals surface area contributed by atoms with Crippen molar-refractivity contribution in [1.82, 2.24) is 24.2 Å². The van der Waals surface area contributed by atoms with Crippen LogP contribution in [-0.4, -0.2) is 91.2 Å². The summed E-state index contributed by atoms with van der Waals surface area (Å²) in [5.41, 5.74) is -0.447. The van der Waals surface area contributed by atoms with Crippen molar-refractivity contribution in [2.75, 3.05) is 57.1 Å². The lowest BCUT2D eigenvalue weighted by atomic mass is 10.0. The molecule has 2 aliphatic heterocycles. The Balaban J connectivity index is 1.22. The maximum absolute atomic E-state index is 13.6. The number of alkyl halides is 3. The number of hydrogen-bond acceptors (Lipinski definition) is 9. The van der Waals surface area contributed by atoms with Crippen LogP contribution in [0.5, 0.6) is 5.75 Å². The van der Waals surface area contributed by atoms with Crippen molar-refractivity contribution in [2.24, 2.45) is 0 Å². The van der Waals surface area contributed by atoms with Crippen LogP contribution in [0.25, 0.3) is 11.0 Å². The van der Waals surface area contributed by atoms with Crippen molar-refractivity contribution in [2.45, 2.75) is 48.8 Å². The summed E-state index contributed by atoms with van der Waals surface area (Å²) in [4.78, 5) is 13.7. The van der Waals surface area contributed by atoms with E-state index in [0.717, 1.165) is 45.0 Å². The van der Waals surface area contributed by atoms with Crippen molar-refractivity contribution in [1.29, 1.82) is 0 Å². The van der Waals surface area contributed by atoms with Crippen molar-refractivity contribution in [3.8, 4) is 5.75 Å². The van der Waals surface area contributed by atoms with E-state index in [9.17, 15) is 21.6 Å². The number of sulfonamides is 1. The van der Waals surface area contributed by atoms with E-state index in [0.29, 0.717) is 38.0 Å². The third kappa shape index (κ3) is 5.80. The number of nitrogens with zero attached hydrogens (tertiary/aromatic N) is 4. The second-order valence-corrected chi connectivity index (χ2v) is 12.4. The number of aromatic nitrogens is 3. The second kappa shape index (κ2) is 10.9. The van der Waals surface area contributed by atoms with E-state index in [2.05, 4.69) is 30.5 Å². The van der Waals surface area contributed by atoms with Crippen LogP contribution in [0.2, 0.25) is 0 Å². The third-order valence-electron chi connectivity index (χ3n) is 7.80. The SMILES string of the molecule is COc1cc(S(=O)(=O)N2CCC(N3CCOCC3)CC2)ccc1Nc1nc(NC2CC2)c2c(C(F)(F)F)c[nH]c2n1. The largest absolute Gasteiger partial charge is 0.495 e. The molecular weight excluding hydrogens is 563 g/mol. The zero-order valence-corrected chi connectivity index (χ0v) is 23.3. The van der Waals surface area contributed by atoms with Crippen LogP contribution in [0.4, 0.5) is 30.6 Å². The lowest BCUT2D eigenvalue weighted by Crippen LogP contribution is -2.50. The maximum Gasteiger partial charge on any atom is 0.418 e. The predicted octanol–water partition coefficient (Wildman–Crippen LogP) is 3.79. The van der Waals surface area contributed by atoms with E-state index >= 15 is 0 Å². The lowest BCUT2D eigenvalue weighted by Gasteiger charge is -2.39. The first-order chi connectivity index (χ1) is 19.6. The molecule has 222 valence electrons. The zero-order valence-electron chi connectivity index (χ0n) is 22.5. The highest BCUT2D eigenvalue weighted by Crippen LogP contribution is 2.40. The molecule has 4 heterocycles. The standard InChI is InChI=1S/C26H32F3N7O4S/c1-39-21-14-18(41(37,38)36-8-6-17(7-9-36)35-10-12-40-13-11-35)4-5-20(21)32-25-33-23-22(19(15-30-23)26(27,28)29)24(34-25)31-16-2-3-16/h4-5,14-17H,2-3,6-13H2,1H3,(H3,30,31,32,33,34). The summed E-state index contributed by atoms with van der Waals surface area (Å²) in [6.07, 6.45) is -0.503. The van der Waals surface area contributed by atoms with Gasteiger partial charge < -0.3 is 25.1 Å². The summed E-state index contributed by atoms with van der Waals surface area (Å²) < 4.78 is 80.2. The Hall–Kier alpha value is -3.14. The average Bonchev–Trinajstić information content (AvgIpc) is 3.67. The molecule has 0 unspecified atom stereocenters. The molecular formula is C26H32F3N7O4S. The van der Waals surface area contributed by atoms with Crippen molar-refractivity contribution < 1.29 is 31.1 Å². The summed E-state index contributed by atoms with van der Waals surface area (Å²) >= 11 is 0. The van der Waals surface area contributed by atoms with Gasteiger partial charge in [-0.3, -0.25) is 4.90 Å². The van der Waals surface area contributed by atoms with Gasteiger partial charge in [0, 0.05) is 50.5 Å². The van der Waals surface area contributed by atoms with Gasteiger partial charge in [0.25, 0.3) is 0 Å². The fraction of sp³-hybridized carbons (Fsp3) is 0.538. The number of nitrogens with one attached hydrogen (secondary N) is 3. The molecule has 2 saturated heterocycles. The number of aromatic amines is 1. The number of hydrogen-bond donors (Lipinski definition) is 3. The Kier molecular flexibility index (Phi) is 7.46. The number of ether oxygens (including phenoxy) is 2. The molecule has 3 fully saturated rings. The van der Waals surface area contributed by atoms with Gasteiger partial charge in [-0.2, -0.15) is 27.4 Å². The van der Waals surface area contributed by atoms with Gasteiger partial charge in [0.2, 0.25) is 16.0 Å². The van der Waals surface area contributed by atoms with Crippen molar-refractivity contribution >= 4 is 38.5 Å². The molecule has 3 aliphatic rings. The molecule has 0 bridgehead atoms. The van der Waals surface area contributed by atoms with Crippen LogP contribution in [-0.2, 0) is 20.9 Å². The highest BCUT2D eigenvalue weighted by Gasteiger charge is 2.37. The summed E-state index contributed by atoms with van der Waals surface area (Å²) in [6, 6.07) is 4.85. The van der Waals surface area contributed by atoms with E-state index in [-0.39, 0.29) is 39.5 Å². The molecule has 15 heteroatoms. The zero-order chi connectivity index (χ0) is 28.8. The van der Waals surface area contributed by atoms with Gasteiger partial charge in [0.15, 0.2) is 0 Å². The molecule has 11 nitrogen and oxygen atoms in total. The number of rotatable bonds is 8. The fourth-order valence-corrected chi connectivity index (χ4v) is 6.92. The smallest absolute Gasteiger partial charge is 0.418 e. The van der Waals surface area contributed by atoms with Crippen LogP contribution in [0.3, 0.4) is 0 Å². The second-order valence-electron chi connectivity index (χ2n) is 10.5. The monoisotopic (exact) mass is 595 g/mol. The van der Waals surface area contributed by atoms with Gasteiger partial charge in [0.1, 0.15) is 17.2 Å². The Morgan fingerprint density at radius 2 is 1.80 bits per heavy atom. The number of halogens is 3. The summed E-state index contributed by atoms with van der Waals surface area (Å²) in [6.45, 7) is 3.99. The third-order valence-corrected chi connectivity index (χ3v) is 9.69. The molecule has 3 N–H and O–H groups in total. The molecule has 1 saturated carbocycles. The Morgan fingerprint density at radius 3 is 2.46 bits per heavy atom. The van der Waals surface area contributed by atoms with Crippen LogP contribution < -0.4 is 15.4 Å². The van der Waals surface area contributed by atoms with Gasteiger partial charge in [-0.15, -0.1) is 0 Å². The minimum Gasteiger partial charge on any atom is -0.495 e. The summed E-state index contributed by atoms with van der Waals surface area (Å²) in [5.74, 6) is 0.347. The topological polar surface area (TPSA) is 125 Å². The number of anilines is 3. The number of morpholine rings is 1. The molecule has 0 spiro atoms. The summed E-state index contributed by atoms with van der Waals surface area (Å²) in [7, 11) is -2.35. The molecule has 0 radical (unpaired) electrons. The lowest BCUT2D eigenvalue weighted by molar-refractivity contribution is -0.136. The number of H-pyrrole nitrogens is 1. The number of methoxy groups -OCH3 is 1. The van der Waals surface area contributed by atoms with Gasteiger partial charge in [0.05, 0.1) is 41.9 Å². The number of fused-ring (bicyclic) bond motifs is 1. The average molecular weight is 596 g/mol. The van der Waals surface area contributed by atoms with Crippen LogP contribution in [0.1, 0.15) is 31.2 Å². The highest BCUT2D eigenvalue weighted by atomic mass is 32.2. The molecule has 3 aromatic rings. The van der Waals surface area contributed by atoms with Gasteiger partial charge >= 0.3 is 6.18 Å². The van der Waals surface area contributed by atoms with E-state index in [1.165, 1.54) is 23.5 Å². The van der Waals surface area contributed by atoms with E-state index in [4.69, 9.17) is 9.47 Å². The highest BCUT2D eigenvalue weighted by molar-refractivity contribution is 7.89. The first kappa shape index (κ1) is 28.0. The first-order valence-electron chi connectivity index (χ1n) is 13.6. The van der Waals surface area contributed by atoms with Crippen LogP contribution >= 0.6 is 0 Å². The van der Waals surface area contributed by atoms with Gasteiger partial charge in [-0.1, -0.05) is 0 Å². The number of benzene rings is 1. The maximum atomic E-state index is 13.6. The summed E-state index contributed by atoms with van der Waals surface area (Å²) in [5, 5.41) is 5.93. The van der Waals surface area contributed by atoms with Gasteiger partial charge in [-0.05, 0) is 37.8 Å². The molecule has 0 amide bonds. The predicted molar refractivity (Wildman–Crippen MR) is 146 cm³/mol. The minimum atomic E-state index is -4.57. The Bertz CT molecular complexity index is 1510. The Labute approximate surface area is 235 Å². The van der Waals surface area contributed by atoms with Crippen LogP contribution in [0, 0.1) is 0 Å². The van der Waals surface area contributed by atoms with E-state index < -0.39 is 21.8 Å². The van der Waals surface area contributed by atoms with Crippen molar-refractivity contribution in [3.63, 3.8) is 0 Å². The molecule has 2 aromatic heterocycles. The molecule has 1 aliphatic carbocycles. The molecule has 41 heavy (non-hydrogen) atoms. The normalized spacial score (nSPS) is 19.9. The van der Waals surface area contributed by atoms with Crippen molar-refractivity contribution in [3.05, 3.63) is 30.0 Å². The number of piperidine rings is 1. The molecule has 0 atom stereocenters.